The van der Waals surface area contributed by atoms with Crippen LogP contribution in [0, 0.1) is 12.7 Å². The van der Waals surface area contributed by atoms with Gasteiger partial charge in [-0.2, -0.15) is 5.10 Å². The third-order valence-electron chi connectivity index (χ3n) is 5.39. The van der Waals surface area contributed by atoms with Crippen molar-refractivity contribution >= 4 is 5.91 Å². The fraction of sp³-hybridized carbons (Fsp3) is 0.304. The molecule has 4 rings (SSSR count). The smallest absolute Gasteiger partial charge is 0.253 e. The molecule has 7 heteroatoms. The second-order valence-corrected chi connectivity index (χ2v) is 7.53. The number of piperazine rings is 1. The first-order valence-electron chi connectivity index (χ1n) is 9.99. The number of carbonyl (C=O) groups is 1. The lowest BCUT2D eigenvalue weighted by molar-refractivity contribution is 0.0627. The van der Waals surface area contributed by atoms with Crippen molar-refractivity contribution in [3.05, 3.63) is 77.4 Å². The van der Waals surface area contributed by atoms with Crippen molar-refractivity contribution in [2.45, 2.75) is 13.5 Å². The zero-order chi connectivity index (χ0) is 21.1. The fourth-order valence-electron chi connectivity index (χ4n) is 3.71. The highest BCUT2D eigenvalue weighted by atomic mass is 19.1. The van der Waals surface area contributed by atoms with Crippen molar-refractivity contribution < 1.29 is 13.9 Å². The predicted octanol–water partition coefficient (Wildman–Crippen LogP) is 3.29. The van der Waals surface area contributed by atoms with Crippen LogP contribution in [-0.2, 0) is 6.54 Å². The molecule has 30 heavy (non-hydrogen) atoms. The molecule has 0 bridgehead atoms. The summed E-state index contributed by atoms with van der Waals surface area (Å²) in [6, 6.07) is 12.1. The maximum atomic E-state index is 13.6. The van der Waals surface area contributed by atoms with E-state index in [1.54, 1.807) is 24.1 Å². The predicted molar refractivity (Wildman–Crippen MR) is 112 cm³/mol. The van der Waals surface area contributed by atoms with E-state index in [-0.39, 0.29) is 11.7 Å². The summed E-state index contributed by atoms with van der Waals surface area (Å²) in [4.78, 5) is 17.0. The van der Waals surface area contributed by atoms with Gasteiger partial charge in [-0.15, -0.1) is 0 Å². The van der Waals surface area contributed by atoms with Gasteiger partial charge in [-0.3, -0.25) is 9.69 Å². The summed E-state index contributed by atoms with van der Waals surface area (Å²) in [5.74, 6) is 0.442. The summed E-state index contributed by atoms with van der Waals surface area (Å²) >= 11 is 0. The van der Waals surface area contributed by atoms with Gasteiger partial charge in [0.15, 0.2) is 0 Å². The Morgan fingerprint density at radius 3 is 2.47 bits per heavy atom. The van der Waals surface area contributed by atoms with Crippen LogP contribution in [-0.4, -0.2) is 58.8 Å². The minimum atomic E-state index is -0.270. The van der Waals surface area contributed by atoms with Crippen LogP contribution in [0.4, 0.5) is 4.39 Å². The Bertz CT molecular complexity index is 1020. The molecule has 6 nitrogen and oxygen atoms in total. The van der Waals surface area contributed by atoms with E-state index in [4.69, 9.17) is 4.74 Å². The minimum Gasteiger partial charge on any atom is -0.496 e. The Labute approximate surface area is 175 Å². The van der Waals surface area contributed by atoms with E-state index < -0.39 is 0 Å². The molecule has 0 N–H and O–H groups in total. The SMILES string of the molecule is COc1ccc(F)cc1CN1CCN(C(=O)c2ccc(-n3cc(C)cn3)cc2)CC1. The number of rotatable bonds is 5. The number of amides is 1. The molecule has 1 saturated heterocycles. The highest BCUT2D eigenvalue weighted by Gasteiger charge is 2.23. The Morgan fingerprint density at radius 1 is 1.10 bits per heavy atom. The summed E-state index contributed by atoms with van der Waals surface area (Å²) in [6.07, 6.45) is 3.75. The zero-order valence-corrected chi connectivity index (χ0v) is 17.2. The molecule has 1 aliphatic heterocycles. The van der Waals surface area contributed by atoms with Crippen molar-refractivity contribution in [2.75, 3.05) is 33.3 Å². The first kappa shape index (κ1) is 20.1. The van der Waals surface area contributed by atoms with Crippen LogP contribution in [0.1, 0.15) is 21.5 Å². The highest BCUT2D eigenvalue weighted by molar-refractivity contribution is 5.94. The van der Waals surface area contributed by atoms with Gasteiger partial charge in [0, 0.05) is 50.0 Å². The van der Waals surface area contributed by atoms with Crippen LogP contribution in [0.25, 0.3) is 5.69 Å². The van der Waals surface area contributed by atoms with Crippen molar-refractivity contribution in [3.8, 4) is 11.4 Å². The molecule has 1 aromatic heterocycles. The number of aryl methyl sites for hydroxylation is 1. The zero-order valence-electron chi connectivity index (χ0n) is 17.2. The van der Waals surface area contributed by atoms with E-state index in [0.717, 1.165) is 29.9 Å². The van der Waals surface area contributed by atoms with E-state index in [9.17, 15) is 9.18 Å². The number of aromatic nitrogens is 2. The minimum absolute atomic E-state index is 0.0289. The summed E-state index contributed by atoms with van der Waals surface area (Å²) in [7, 11) is 1.59. The van der Waals surface area contributed by atoms with Crippen LogP contribution in [0.15, 0.2) is 54.9 Å². The van der Waals surface area contributed by atoms with Gasteiger partial charge >= 0.3 is 0 Å². The summed E-state index contributed by atoms with van der Waals surface area (Å²) in [6.45, 7) is 5.33. The second-order valence-electron chi connectivity index (χ2n) is 7.53. The van der Waals surface area contributed by atoms with Gasteiger partial charge in [-0.05, 0) is 55.0 Å². The lowest BCUT2D eigenvalue weighted by Gasteiger charge is -2.35. The molecule has 0 spiro atoms. The normalized spacial score (nSPS) is 14.7. The number of carbonyl (C=O) groups excluding carboxylic acids is 1. The van der Waals surface area contributed by atoms with Crippen LogP contribution >= 0.6 is 0 Å². The van der Waals surface area contributed by atoms with E-state index in [2.05, 4.69) is 10.00 Å². The maximum Gasteiger partial charge on any atom is 0.253 e. The summed E-state index contributed by atoms with van der Waals surface area (Å²) in [5, 5.41) is 4.29. The molecule has 2 heterocycles. The Hall–Kier alpha value is -3.19. The average molecular weight is 408 g/mol. The molecule has 0 unspecified atom stereocenters. The average Bonchev–Trinajstić information content (AvgIpc) is 3.20. The Morgan fingerprint density at radius 2 is 1.83 bits per heavy atom. The molecular formula is C23H25FN4O2. The second kappa shape index (κ2) is 8.67. The van der Waals surface area contributed by atoms with E-state index >= 15 is 0 Å². The van der Waals surface area contributed by atoms with Gasteiger partial charge in [0.05, 0.1) is 19.0 Å². The Balaban J connectivity index is 1.36. The first-order chi connectivity index (χ1) is 14.5. The summed E-state index contributed by atoms with van der Waals surface area (Å²) in [5.41, 5.74) is 3.50. The number of nitrogens with zero attached hydrogens (tertiary/aromatic N) is 4. The quantitative estimate of drug-likeness (QED) is 0.650. The largest absolute Gasteiger partial charge is 0.496 e. The monoisotopic (exact) mass is 408 g/mol. The number of benzene rings is 2. The third kappa shape index (κ3) is 4.36. The van der Waals surface area contributed by atoms with Crippen molar-refractivity contribution in [2.24, 2.45) is 0 Å². The molecule has 1 aliphatic rings. The number of hydrogen-bond acceptors (Lipinski definition) is 4. The van der Waals surface area contributed by atoms with Crippen LogP contribution < -0.4 is 4.74 Å². The van der Waals surface area contributed by atoms with Crippen molar-refractivity contribution in [3.63, 3.8) is 0 Å². The van der Waals surface area contributed by atoms with Gasteiger partial charge in [0.25, 0.3) is 5.91 Å². The fourth-order valence-corrected chi connectivity index (χ4v) is 3.71. The number of methoxy groups -OCH3 is 1. The number of halogens is 1. The molecule has 1 fully saturated rings. The van der Waals surface area contributed by atoms with Gasteiger partial charge in [0.1, 0.15) is 11.6 Å². The molecule has 0 atom stereocenters. The van der Waals surface area contributed by atoms with Crippen LogP contribution in [0.3, 0.4) is 0 Å². The van der Waals surface area contributed by atoms with Gasteiger partial charge in [-0.1, -0.05) is 0 Å². The maximum absolute atomic E-state index is 13.6. The van der Waals surface area contributed by atoms with Crippen LogP contribution in [0.2, 0.25) is 0 Å². The molecule has 156 valence electrons. The van der Waals surface area contributed by atoms with Crippen molar-refractivity contribution in [1.82, 2.24) is 19.6 Å². The van der Waals surface area contributed by atoms with Gasteiger partial charge < -0.3 is 9.64 Å². The molecule has 2 aromatic carbocycles. The van der Waals surface area contributed by atoms with Gasteiger partial charge in [-0.25, -0.2) is 9.07 Å². The first-order valence-corrected chi connectivity index (χ1v) is 9.99. The lowest BCUT2D eigenvalue weighted by Crippen LogP contribution is -2.48. The van der Waals surface area contributed by atoms with Crippen molar-refractivity contribution in [1.29, 1.82) is 0 Å². The van der Waals surface area contributed by atoms with E-state index in [0.29, 0.717) is 30.9 Å². The number of hydrogen-bond donors (Lipinski definition) is 0. The highest BCUT2D eigenvalue weighted by Crippen LogP contribution is 2.22. The summed E-state index contributed by atoms with van der Waals surface area (Å²) < 4.78 is 20.7. The Kier molecular flexibility index (Phi) is 5.81. The standard InChI is InChI=1S/C23H25FN4O2/c1-17-14-25-28(15-17)21-6-3-18(4-7-21)23(29)27-11-9-26(10-12-27)16-19-13-20(24)5-8-22(19)30-2/h3-8,13-15H,9-12,16H2,1-2H3. The van der Waals surface area contributed by atoms with E-state index in [1.807, 2.05) is 42.3 Å². The van der Waals surface area contributed by atoms with Gasteiger partial charge in [0.2, 0.25) is 0 Å². The molecular weight excluding hydrogens is 383 g/mol. The van der Waals surface area contributed by atoms with Crippen LogP contribution in [0.5, 0.6) is 5.75 Å². The number of ether oxygens (including phenoxy) is 1. The molecule has 3 aromatic rings. The lowest BCUT2D eigenvalue weighted by atomic mass is 10.1. The third-order valence-corrected chi connectivity index (χ3v) is 5.39. The van der Waals surface area contributed by atoms with E-state index in [1.165, 1.54) is 12.1 Å². The topological polar surface area (TPSA) is 50.6 Å². The molecule has 0 aliphatic carbocycles. The molecule has 1 amide bonds. The molecule has 0 saturated carbocycles. The molecule has 0 radical (unpaired) electrons.